The van der Waals surface area contributed by atoms with Gasteiger partial charge in [0.25, 0.3) is 0 Å². The molecular weight excluding hydrogens is 354 g/mol. The first kappa shape index (κ1) is 14.8. The molecule has 1 unspecified atom stereocenters. The molecule has 1 aromatic rings. The average molecular weight is 370 g/mol. The number of halogens is 1. The fraction of sp³-hybridized carbons (Fsp3) is 0.636. The predicted molar refractivity (Wildman–Crippen MR) is 82.0 cm³/mol. The van der Waals surface area contributed by atoms with Crippen molar-refractivity contribution in [2.75, 3.05) is 12.3 Å². The zero-order valence-electron chi connectivity index (χ0n) is 10.3. The first-order valence-electron chi connectivity index (χ1n) is 5.72. The average Bonchev–Trinajstić information content (AvgIpc) is 2.84. The number of sulfonamides is 1. The molecule has 1 fully saturated rings. The fourth-order valence-corrected chi connectivity index (χ4v) is 6.92. The summed E-state index contributed by atoms with van der Waals surface area (Å²) < 4.78 is 28.1. The van der Waals surface area contributed by atoms with Crippen molar-refractivity contribution in [1.82, 2.24) is 4.72 Å². The van der Waals surface area contributed by atoms with E-state index in [1.807, 2.05) is 18.7 Å². The molecule has 0 aromatic carbocycles. The molecule has 2 rings (SSSR count). The van der Waals surface area contributed by atoms with E-state index in [1.54, 1.807) is 6.07 Å². The molecule has 1 N–H and O–H groups in total. The van der Waals surface area contributed by atoms with Crippen LogP contribution in [0, 0.1) is 6.92 Å². The monoisotopic (exact) mass is 369 g/mol. The Morgan fingerprint density at radius 2 is 2.28 bits per heavy atom. The molecule has 0 spiro atoms. The summed E-state index contributed by atoms with van der Waals surface area (Å²) in [6.45, 7) is 4.46. The lowest BCUT2D eigenvalue weighted by molar-refractivity contribution is 0.552. The minimum Gasteiger partial charge on any atom is -0.210 e. The molecule has 2 heterocycles. The Morgan fingerprint density at radius 3 is 2.78 bits per heavy atom. The summed E-state index contributed by atoms with van der Waals surface area (Å²) in [6.07, 6.45) is 2.25. The summed E-state index contributed by atoms with van der Waals surface area (Å²) in [7, 11) is -3.38. The maximum atomic E-state index is 12.2. The normalized spacial score (nSPS) is 24.6. The van der Waals surface area contributed by atoms with Gasteiger partial charge in [-0.05, 0) is 54.4 Å². The third kappa shape index (κ3) is 3.30. The molecule has 1 saturated heterocycles. The fourth-order valence-electron chi connectivity index (χ4n) is 2.00. The van der Waals surface area contributed by atoms with Crippen molar-refractivity contribution < 1.29 is 8.42 Å². The van der Waals surface area contributed by atoms with Gasteiger partial charge in [-0.2, -0.15) is 11.8 Å². The quantitative estimate of drug-likeness (QED) is 0.884. The van der Waals surface area contributed by atoms with Gasteiger partial charge in [0.15, 0.2) is 0 Å². The molecule has 0 saturated carbocycles. The molecule has 18 heavy (non-hydrogen) atoms. The molecule has 1 atom stereocenters. The van der Waals surface area contributed by atoms with E-state index in [0.717, 1.165) is 20.8 Å². The Morgan fingerprint density at radius 1 is 1.56 bits per heavy atom. The van der Waals surface area contributed by atoms with Gasteiger partial charge in [0.05, 0.1) is 8.68 Å². The highest BCUT2D eigenvalue weighted by Crippen LogP contribution is 2.37. The third-order valence-corrected chi connectivity index (χ3v) is 7.82. The standard InChI is InChI=1S/C11H16BrNO2S3/c1-8-9(6-10(12)17-8)18(14,15)13-7-11(2)4-3-5-16-11/h6,13H,3-5,7H2,1-2H3. The Hall–Kier alpha value is 0.440. The van der Waals surface area contributed by atoms with Crippen molar-refractivity contribution >= 4 is 49.1 Å². The topological polar surface area (TPSA) is 46.2 Å². The molecule has 0 bridgehead atoms. The van der Waals surface area contributed by atoms with Crippen LogP contribution in [0.3, 0.4) is 0 Å². The molecule has 1 aliphatic heterocycles. The summed E-state index contributed by atoms with van der Waals surface area (Å²) in [5, 5.41) is 0. The summed E-state index contributed by atoms with van der Waals surface area (Å²) >= 11 is 6.63. The van der Waals surface area contributed by atoms with Crippen molar-refractivity contribution in [3.05, 3.63) is 14.7 Å². The second-order valence-electron chi connectivity index (χ2n) is 4.70. The van der Waals surface area contributed by atoms with Gasteiger partial charge in [0.2, 0.25) is 10.0 Å². The van der Waals surface area contributed by atoms with E-state index >= 15 is 0 Å². The molecule has 102 valence electrons. The Kier molecular flexibility index (Phi) is 4.48. The van der Waals surface area contributed by atoms with Gasteiger partial charge in [-0.1, -0.05) is 0 Å². The van der Waals surface area contributed by atoms with Crippen molar-refractivity contribution in [3.8, 4) is 0 Å². The van der Waals surface area contributed by atoms with Crippen LogP contribution in [0.1, 0.15) is 24.6 Å². The highest BCUT2D eigenvalue weighted by atomic mass is 79.9. The van der Waals surface area contributed by atoms with E-state index in [4.69, 9.17) is 0 Å². The highest BCUT2D eigenvalue weighted by Gasteiger charge is 2.31. The molecule has 1 aliphatic rings. The molecule has 0 aliphatic carbocycles. The Labute approximate surface area is 125 Å². The molecular formula is C11H16BrNO2S3. The molecule has 1 aromatic heterocycles. The molecule has 3 nitrogen and oxygen atoms in total. The zero-order valence-corrected chi connectivity index (χ0v) is 14.4. The van der Waals surface area contributed by atoms with Gasteiger partial charge in [0.1, 0.15) is 0 Å². The number of hydrogen-bond acceptors (Lipinski definition) is 4. The van der Waals surface area contributed by atoms with Crippen LogP contribution in [0.5, 0.6) is 0 Å². The number of thioether (sulfide) groups is 1. The van der Waals surface area contributed by atoms with E-state index in [1.165, 1.54) is 17.8 Å². The van der Waals surface area contributed by atoms with Crippen LogP contribution in [-0.4, -0.2) is 25.5 Å². The van der Waals surface area contributed by atoms with Gasteiger partial charge in [-0.3, -0.25) is 0 Å². The summed E-state index contributed by atoms with van der Waals surface area (Å²) in [6, 6.07) is 1.67. The first-order chi connectivity index (χ1) is 8.32. The summed E-state index contributed by atoms with van der Waals surface area (Å²) in [4.78, 5) is 1.21. The lowest BCUT2D eigenvalue weighted by Crippen LogP contribution is -2.36. The van der Waals surface area contributed by atoms with Crippen LogP contribution in [0.25, 0.3) is 0 Å². The smallest absolute Gasteiger partial charge is 0.210 e. The van der Waals surface area contributed by atoms with Gasteiger partial charge in [0, 0.05) is 16.2 Å². The van der Waals surface area contributed by atoms with Crippen molar-refractivity contribution in [2.24, 2.45) is 0 Å². The maximum Gasteiger partial charge on any atom is 0.241 e. The zero-order chi connectivity index (χ0) is 13.4. The largest absolute Gasteiger partial charge is 0.241 e. The van der Waals surface area contributed by atoms with Gasteiger partial charge < -0.3 is 0 Å². The molecule has 0 amide bonds. The van der Waals surface area contributed by atoms with E-state index in [0.29, 0.717) is 11.4 Å². The maximum absolute atomic E-state index is 12.2. The number of rotatable bonds is 4. The van der Waals surface area contributed by atoms with Crippen LogP contribution in [0.2, 0.25) is 0 Å². The molecule has 0 radical (unpaired) electrons. The number of hydrogen-bond donors (Lipinski definition) is 1. The third-order valence-electron chi connectivity index (χ3n) is 3.07. The number of thiophene rings is 1. The summed E-state index contributed by atoms with van der Waals surface area (Å²) in [5.74, 6) is 1.13. The minimum atomic E-state index is -3.38. The highest BCUT2D eigenvalue weighted by molar-refractivity contribution is 9.11. The van der Waals surface area contributed by atoms with Gasteiger partial charge >= 0.3 is 0 Å². The number of nitrogens with one attached hydrogen (secondary N) is 1. The van der Waals surface area contributed by atoms with Crippen molar-refractivity contribution in [3.63, 3.8) is 0 Å². The predicted octanol–water partition coefficient (Wildman–Crippen LogP) is 3.38. The SMILES string of the molecule is Cc1sc(Br)cc1S(=O)(=O)NCC1(C)CCCS1. The van der Waals surface area contributed by atoms with Crippen molar-refractivity contribution in [2.45, 2.75) is 36.3 Å². The van der Waals surface area contributed by atoms with Crippen molar-refractivity contribution in [1.29, 1.82) is 0 Å². The van der Waals surface area contributed by atoms with E-state index < -0.39 is 10.0 Å². The van der Waals surface area contributed by atoms with E-state index in [9.17, 15) is 8.42 Å². The van der Waals surface area contributed by atoms with Crippen LogP contribution in [0.15, 0.2) is 14.7 Å². The number of aryl methyl sites for hydroxylation is 1. The Balaban J connectivity index is 2.10. The second kappa shape index (κ2) is 5.44. The van der Waals surface area contributed by atoms with Crippen LogP contribution < -0.4 is 4.72 Å². The van der Waals surface area contributed by atoms with E-state index in [2.05, 4.69) is 27.6 Å². The lowest BCUT2D eigenvalue weighted by atomic mass is 10.1. The lowest BCUT2D eigenvalue weighted by Gasteiger charge is -2.22. The van der Waals surface area contributed by atoms with E-state index in [-0.39, 0.29) is 4.75 Å². The van der Waals surface area contributed by atoms with Crippen LogP contribution >= 0.6 is 39.0 Å². The van der Waals surface area contributed by atoms with Gasteiger partial charge in [-0.15, -0.1) is 11.3 Å². The second-order valence-corrected chi connectivity index (χ2v) is 10.8. The van der Waals surface area contributed by atoms with Crippen LogP contribution in [-0.2, 0) is 10.0 Å². The summed E-state index contributed by atoms with van der Waals surface area (Å²) in [5.41, 5.74) is 0. The van der Waals surface area contributed by atoms with Gasteiger partial charge in [-0.25, -0.2) is 13.1 Å². The minimum absolute atomic E-state index is 0.0498. The first-order valence-corrected chi connectivity index (χ1v) is 9.80. The Bertz CT molecular complexity index is 532. The van der Waals surface area contributed by atoms with Crippen LogP contribution in [0.4, 0.5) is 0 Å². The molecule has 7 heteroatoms.